The number of imidazole rings is 1. The zero-order chi connectivity index (χ0) is 12.0. The number of fused-ring (bicyclic) bond motifs is 1. The fraction of sp³-hybridized carbons (Fsp3) is 0.500. The summed E-state index contributed by atoms with van der Waals surface area (Å²) in [6.45, 7) is 0.936. The van der Waals surface area contributed by atoms with E-state index < -0.39 is 0 Å². The third kappa shape index (κ3) is 1.68. The molecule has 1 saturated carbocycles. The zero-order valence-electron chi connectivity index (χ0n) is 9.13. The molecule has 0 spiro atoms. The van der Waals surface area contributed by atoms with E-state index >= 15 is 0 Å². The normalized spacial score (nSPS) is 23.1. The number of aliphatic hydroxyl groups is 1. The molecule has 3 rings (SSSR count). The number of nitrogens with one attached hydrogen (secondary N) is 1. The maximum absolute atomic E-state index is 11.5. The average molecular weight is 235 g/mol. The van der Waals surface area contributed by atoms with Crippen molar-refractivity contribution in [3.8, 4) is 0 Å². The Labute approximate surface area is 96.3 Å². The second kappa shape index (κ2) is 3.56. The van der Waals surface area contributed by atoms with Crippen molar-refractivity contribution in [2.45, 2.75) is 13.0 Å². The van der Waals surface area contributed by atoms with Crippen LogP contribution >= 0.6 is 0 Å². The van der Waals surface area contributed by atoms with Gasteiger partial charge in [-0.15, -0.1) is 0 Å². The lowest BCUT2D eigenvalue weighted by molar-refractivity contribution is 0.266. The molecule has 1 aliphatic carbocycles. The van der Waals surface area contributed by atoms with Crippen molar-refractivity contribution in [1.82, 2.24) is 19.5 Å². The molecule has 90 valence electrons. The molecule has 2 atom stereocenters. The van der Waals surface area contributed by atoms with Gasteiger partial charge in [0.15, 0.2) is 11.2 Å². The minimum Gasteiger partial charge on any atom is -0.396 e. The maximum atomic E-state index is 11.5. The number of nitrogens with zero attached hydrogens (tertiary/aromatic N) is 3. The highest BCUT2D eigenvalue weighted by Crippen LogP contribution is 2.39. The predicted molar refractivity (Wildman–Crippen MR) is 61.2 cm³/mol. The second-order valence-corrected chi connectivity index (χ2v) is 4.46. The molecule has 0 amide bonds. The zero-order valence-corrected chi connectivity index (χ0v) is 9.13. The first-order chi connectivity index (χ1) is 8.19. The number of aliphatic hydroxyl groups excluding tert-OH is 1. The monoisotopic (exact) mass is 235 g/mol. The minimum absolute atomic E-state index is 0.0961. The molecule has 0 aromatic carbocycles. The number of nitrogen functional groups attached to an aromatic ring is 1. The summed E-state index contributed by atoms with van der Waals surface area (Å²) >= 11 is 0. The highest BCUT2D eigenvalue weighted by molar-refractivity contribution is 5.70. The highest BCUT2D eigenvalue weighted by Gasteiger charge is 2.36. The van der Waals surface area contributed by atoms with Gasteiger partial charge in [0, 0.05) is 13.2 Å². The Morgan fingerprint density at radius 1 is 1.59 bits per heavy atom. The van der Waals surface area contributed by atoms with E-state index in [0.717, 1.165) is 13.0 Å². The molecular formula is C10H13N5O2. The predicted octanol–water partition coefficient (Wildman–Crippen LogP) is -0.670. The summed E-state index contributed by atoms with van der Waals surface area (Å²) in [6.07, 6.45) is 2.61. The number of aromatic nitrogens is 4. The van der Waals surface area contributed by atoms with E-state index in [1.54, 1.807) is 6.33 Å². The molecule has 17 heavy (non-hydrogen) atoms. The van der Waals surface area contributed by atoms with Gasteiger partial charge in [0.2, 0.25) is 5.95 Å². The molecule has 0 unspecified atom stereocenters. The number of rotatable bonds is 3. The van der Waals surface area contributed by atoms with Crippen LogP contribution in [0.1, 0.15) is 6.42 Å². The van der Waals surface area contributed by atoms with Crippen molar-refractivity contribution in [3.05, 3.63) is 16.7 Å². The lowest BCUT2D eigenvalue weighted by Gasteiger charge is -2.02. The molecule has 2 heterocycles. The number of aromatic amines is 1. The van der Waals surface area contributed by atoms with E-state index in [1.165, 1.54) is 0 Å². The summed E-state index contributed by atoms with van der Waals surface area (Å²) in [4.78, 5) is 22.1. The molecular weight excluding hydrogens is 222 g/mol. The third-order valence-electron chi connectivity index (χ3n) is 3.23. The Morgan fingerprint density at radius 2 is 2.41 bits per heavy atom. The van der Waals surface area contributed by atoms with Crippen LogP contribution in [0.5, 0.6) is 0 Å². The molecule has 2 aromatic rings. The van der Waals surface area contributed by atoms with E-state index in [-0.39, 0.29) is 18.1 Å². The molecule has 0 aliphatic heterocycles. The number of hydrogen-bond donors (Lipinski definition) is 3. The highest BCUT2D eigenvalue weighted by atomic mass is 16.3. The lowest BCUT2D eigenvalue weighted by Crippen LogP contribution is -2.12. The van der Waals surface area contributed by atoms with Gasteiger partial charge in [-0.1, -0.05) is 0 Å². The molecule has 2 aromatic heterocycles. The fourth-order valence-electron chi connectivity index (χ4n) is 2.11. The quantitative estimate of drug-likeness (QED) is 0.653. The summed E-state index contributed by atoms with van der Waals surface area (Å²) in [5.74, 6) is 0.908. The van der Waals surface area contributed by atoms with E-state index in [0.29, 0.717) is 23.0 Å². The van der Waals surface area contributed by atoms with Gasteiger partial charge in [-0.25, -0.2) is 4.98 Å². The Bertz CT molecular complexity index is 617. The van der Waals surface area contributed by atoms with Crippen molar-refractivity contribution in [3.63, 3.8) is 0 Å². The van der Waals surface area contributed by atoms with Crippen LogP contribution < -0.4 is 11.3 Å². The Hall–Kier alpha value is -1.89. The molecule has 7 nitrogen and oxygen atoms in total. The first-order valence-electron chi connectivity index (χ1n) is 5.50. The largest absolute Gasteiger partial charge is 0.396 e. The number of nitrogens with two attached hydrogens (primary N) is 1. The van der Waals surface area contributed by atoms with Crippen molar-refractivity contribution in [1.29, 1.82) is 0 Å². The summed E-state index contributed by atoms with van der Waals surface area (Å²) in [7, 11) is 0. The number of anilines is 1. The van der Waals surface area contributed by atoms with Crippen molar-refractivity contribution < 1.29 is 5.11 Å². The smallest absolute Gasteiger partial charge is 0.280 e. The first-order valence-corrected chi connectivity index (χ1v) is 5.50. The summed E-state index contributed by atoms with van der Waals surface area (Å²) in [5, 5.41) is 8.99. The molecule has 0 bridgehead atoms. The second-order valence-electron chi connectivity index (χ2n) is 4.46. The van der Waals surface area contributed by atoms with Crippen LogP contribution in [0.2, 0.25) is 0 Å². The van der Waals surface area contributed by atoms with E-state index in [9.17, 15) is 4.79 Å². The van der Waals surface area contributed by atoms with Crippen molar-refractivity contribution >= 4 is 17.1 Å². The van der Waals surface area contributed by atoms with E-state index in [4.69, 9.17) is 10.8 Å². The SMILES string of the molecule is Nc1nc2c(ncn2C[C@H]2C[C@@H]2CO)c(=O)[nH]1. The van der Waals surface area contributed by atoms with Gasteiger partial charge in [-0.3, -0.25) is 9.78 Å². The van der Waals surface area contributed by atoms with Gasteiger partial charge in [-0.05, 0) is 18.3 Å². The lowest BCUT2D eigenvalue weighted by atomic mass is 10.3. The van der Waals surface area contributed by atoms with E-state index in [2.05, 4.69) is 15.0 Å². The average Bonchev–Trinajstić information content (AvgIpc) is 2.92. The van der Waals surface area contributed by atoms with Gasteiger partial charge in [0.05, 0.1) is 6.33 Å². The molecule has 1 fully saturated rings. The summed E-state index contributed by atoms with van der Waals surface area (Å²) in [5.41, 5.74) is 6.00. The van der Waals surface area contributed by atoms with Crippen LogP contribution in [0.3, 0.4) is 0 Å². The van der Waals surface area contributed by atoms with Crippen molar-refractivity contribution in [2.24, 2.45) is 11.8 Å². The van der Waals surface area contributed by atoms with Crippen LogP contribution in [0.15, 0.2) is 11.1 Å². The van der Waals surface area contributed by atoms with Gasteiger partial charge in [0.1, 0.15) is 0 Å². The molecule has 1 aliphatic rings. The Morgan fingerprint density at radius 3 is 3.12 bits per heavy atom. The minimum atomic E-state index is -0.319. The van der Waals surface area contributed by atoms with Crippen LogP contribution in [-0.4, -0.2) is 31.2 Å². The summed E-state index contributed by atoms with van der Waals surface area (Å²) < 4.78 is 1.82. The third-order valence-corrected chi connectivity index (χ3v) is 3.23. The van der Waals surface area contributed by atoms with Gasteiger partial charge >= 0.3 is 0 Å². The Kier molecular flexibility index (Phi) is 2.15. The molecule has 0 radical (unpaired) electrons. The Balaban J connectivity index is 1.98. The van der Waals surface area contributed by atoms with Crippen LogP contribution in [0.25, 0.3) is 11.2 Å². The van der Waals surface area contributed by atoms with Crippen LogP contribution in [-0.2, 0) is 6.54 Å². The summed E-state index contributed by atoms with van der Waals surface area (Å²) in [6, 6.07) is 0. The van der Waals surface area contributed by atoms with Gasteiger partial charge in [-0.2, -0.15) is 4.98 Å². The van der Waals surface area contributed by atoms with Crippen LogP contribution in [0, 0.1) is 11.8 Å². The van der Waals surface area contributed by atoms with Crippen molar-refractivity contribution in [2.75, 3.05) is 12.3 Å². The topological polar surface area (TPSA) is 110 Å². The molecule has 4 N–H and O–H groups in total. The van der Waals surface area contributed by atoms with Gasteiger partial charge < -0.3 is 15.4 Å². The number of H-pyrrole nitrogens is 1. The first kappa shape index (κ1) is 10.3. The number of hydrogen-bond acceptors (Lipinski definition) is 5. The van der Waals surface area contributed by atoms with E-state index in [1.807, 2.05) is 4.57 Å². The molecule has 0 saturated heterocycles. The van der Waals surface area contributed by atoms with Gasteiger partial charge in [0.25, 0.3) is 5.56 Å². The standard InChI is InChI=1S/C10H13N5O2/c11-10-13-8-7(9(17)14-10)12-4-15(8)2-5-1-6(5)3-16/h4-6,16H,1-3H2,(H3,11,13,14,17)/t5-,6-/m1/s1. The fourth-order valence-corrected chi connectivity index (χ4v) is 2.11. The molecule has 7 heteroatoms. The maximum Gasteiger partial charge on any atom is 0.280 e. The van der Waals surface area contributed by atoms with Crippen LogP contribution in [0.4, 0.5) is 5.95 Å².